The summed E-state index contributed by atoms with van der Waals surface area (Å²) in [6, 6.07) is 13.1. The first kappa shape index (κ1) is 23.2. The molecule has 2 amide bonds. The van der Waals surface area contributed by atoms with Crippen LogP contribution in [0, 0.1) is 0 Å². The van der Waals surface area contributed by atoms with Crippen LogP contribution < -0.4 is 15.4 Å². The molecule has 2 N–H and O–H groups in total. The summed E-state index contributed by atoms with van der Waals surface area (Å²) in [7, 11) is 0. The fourth-order valence-electron chi connectivity index (χ4n) is 2.68. The Morgan fingerprint density at radius 3 is 2.23 bits per heavy atom. The van der Waals surface area contributed by atoms with E-state index < -0.39 is 12.8 Å². The number of hydrogen-bond acceptors (Lipinski definition) is 4. The van der Waals surface area contributed by atoms with E-state index in [0.29, 0.717) is 24.5 Å². The maximum atomic E-state index is 12.3. The molecular formula is C21H24F3N3O3. The Morgan fingerprint density at radius 2 is 1.67 bits per heavy atom. The number of carbonyl (C=O) groups is 2. The molecule has 0 aromatic heterocycles. The van der Waals surface area contributed by atoms with Gasteiger partial charge >= 0.3 is 6.18 Å². The maximum absolute atomic E-state index is 12.3. The van der Waals surface area contributed by atoms with Crippen molar-refractivity contribution in [2.75, 3.05) is 30.3 Å². The van der Waals surface area contributed by atoms with E-state index in [4.69, 9.17) is 4.74 Å². The number of likely N-dealkylation sites (N-methyl/N-ethyl adjacent to an activating group) is 1. The maximum Gasteiger partial charge on any atom is 0.422 e. The number of nitrogens with one attached hydrogen (secondary N) is 2. The van der Waals surface area contributed by atoms with Gasteiger partial charge in [0.1, 0.15) is 5.75 Å². The highest BCUT2D eigenvalue weighted by Crippen LogP contribution is 2.20. The third-order valence-corrected chi connectivity index (χ3v) is 4.01. The van der Waals surface area contributed by atoms with E-state index in [1.54, 1.807) is 36.4 Å². The predicted octanol–water partition coefficient (Wildman–Crippen LogP) is 4.05. The normalized spacial score (nSPS) is 11.3. The molecule has 0 aliphatic heterocycles. The molecule has 162 valence electrons. The van der Waals surface area contributed by atoms with Gasteiger partial charge in [0.2, 0.25) is 11.8 Å². The highest BCUT2D eigenvalue weighted by atomic mass is 19.4. The van der Waals surface area contributed by atoms with Crippen molar-refractivity contribution in [3.63, 3.8) is 0 Å². The molecule has 0 fully saturated rings. The first-order valence-corrected chi connectivity index (χ1v) is 9.33. The Kier molecular flexibility index (Phi) is 8.23. The number of hydrogen-bond donors (Lipinski definition) is 2. The van der Waals surface area contributed by atoms with Crippen molar-refractivity contribution in [3.8, 4) is 5.75 Å². The summed E-state index contributed by atoms with van der Waals surface area (Å²) in [6.45, 7) is 3.01. The zero-order valence-electron chi connectivity index (χ0n) is 16.8. The van der Waals surface area contributed by atoms with E-state index >= 15 is 0 Å². The van der Waals surface area contributed by atoms with Crippen LogP contribution in [-0.2, 0) is 16.1 Å². The van der Waals surface area contributed by atoms with Crippen molar-refractivity contribution < 1.29 is 27.5 Å². The van der Waals surface area contributed by atoms with Crippen molar-refractivity contribution in [2.24, 2.45) is 0 Å². The quantitative estimate of drug-likeness (QED) is 0.639. The van der Waals surface area contributed by atoms with Crippen LogP contribution in [0.3, 0.4) is 0 Å². The molecular weight excluding hydrogens is 399 g/mol. The monoisotopic (exact) mass is 423 g/mol. The number of benzene rings is 2. The van der Waals surface area contributed by atoms with Crippen LogP contribution >= 0.6 is 0 Å². The van der Waals surface area contributed by atoms with Crippen molar-refractivity contribution in [2.45, 2.75) is 26.6 Å². The molecule has 0 saturated heterocycles. The van der Waals surface area contributed by atoms with Gasteiger partial charge in [0.05, 0.1) is 6.54 Å². The number of rotatable bonds is 9. The number of ether oxygens (including phenoxy) is 1. The zero-order chi connectivity index (χ0) is 22.1. The van der Waals surface area contributed by atoms with Gasteiger partial charge in [-0.3, -0.25) is 14.5 Å². The predicted molar refractivity (Wildman–Crippen MR) is 108 cm³/mol. The van der Waals surface area contributed by atoms with E-state index in [-0.39, 0.29) is 24.1 Å². The molecule has 0 aliphatic rings. The molecule has 30 heavy (non-hydrogen) atoms. The second-order valence-corrected chi connectivity index (χ2v) is 6.66. The van der Waals surface area contributed by atoms with Gasteiger partial charge in [-0.2, -0.15) is 13.2 Å². The molecule has 0 saturated carbocycles. The molecule has 0 aliphatic carbocycles. The molecule has 2 rings (SSSR count). The number of halogens is 3. The van der Waals surface area contributed by atoms with Crippen LogP contribution in [0.5, 0.6) is 5.75 Å². The van der Waals surface area contributed by atoms with Crippen molar-refractivity contribution >= 4 is 23.2 Å². The van der Waals surface area contributed by atoms with Crippen LogP contribution in [0.4, 0.5) is 24.5 Å². The summed E-state index contributed by atoms with van der Waals surface area (Å²) in [4.78, 5) is 25.2. The van der Waals surface area contributed by atoms with Gasteiger partial charge in [0.15, 0.2) is 6.61 Å². The van der Waals surface area contributed by atoms with Gasteiger partial charge in [-0.25, -0.2) is 0 Å². The van der Waals surface area contributed by atoms with E-state index in [2.05, 4.69) is 10.6 Å². The molecule has 9 heteroatoms. The number of anilines is 2. The lowest BCUT2D eigenvalue weighted by Crippen LogP contribution is -2.32. The topological polar surface area (TPSA) is 70.7 Å². The van der Waals surface area contributed by atoms with Gasteiger partial charge in [-0.15, -0.1) is 0 Å². The van der Waals surface area contributed by atoms with Crippen molar-refractivity contribution in [1.82, 2.24) is 4.90 Å². The number of alkyl halides is 3. The van der Waals surface area contributed by atoms with E-state index in [1.807, 2.05) is 11.8 Å². The average Bonchev–Trinajstić information content (AvgIpc) is 2.67. The summed E-state index contributed by atoms with van der Waals surface area (Å²) in [5.41, 5.74) is 1.96. The Hall–Kier alpha value is -3.07. The largest absolute Gasteiger partial charge is 0.484 e. The molecule has 0 spiro atoms. The Labute approximate surface area is 173 Å². The third-order valence-electron chi connectivity index (χ3n) is 4.01. The van der Waals surface area contributed by atoms with Crippen LogP contribution in [0.2, 0.25) is 0 Å². The Bertz CT molecular complexity index is 855. The van der Waals surface area contributed by atoms with Gasteiger partial charge in [0, 0.05) is 24.8 Å². The summed E-state index contributed by atoms with van der Waals surface area (Å²) in [5, 5.41) is 5.42. The van der Waals surface area contributed by atoms with Crippen LogP contribution in [0.1, 0.15) is 19.4 Å². The lowest BCUT2D eigenvalue weighted by Gasteiger charge is -2.20. The molecule has 0 unspecified atom stereocenters. The number of carbonyl (C=O) groups excluding carboxylic acids is 2. The second kappa shape index (κ2) is 10.6. The van der Waals surface area contributed by atoms with Gasteiger partial charge in [-0.1, -0.05) is 19.1 Å². The minimum Gasteiger partial charge on any atom is -0.484 e. The lowest BCUT2D eigenvalue weighted by molar-refractivity contribution is -0.153. The third kappa shape index (κ3) is 8.52. The highest BCUT2D eigenvalue weighted by Gasteiger charge is 2.28. The number of nitrogens with zero attached hydrogens (tertiary/aromatic N) is 1. The van der Waals surface area contributed by atoms with Crippen LogP contribution in [0.25, 0.3) is 0 Å². The second-order valence-electron chi connectivity index (χ2n) is 6.66. The summed E-state index contributed by atoms with van der Waals surface area (Å²) in [6.07, 6.45) is -4.40. The van der Waals surface area contributed by atoms with Gasteiger partial charge < -0.3 is 15.4 Å². The minimum atomic E-state index is -4.40. The standard InChI is InChI=1S/C21H24F3N3O3/c1-3-27(12-16-5-4-6-19(11-16)30-14-21(22,23)24)13-20(29)26-18-9-7-17(8-10-18)25-15(2)28/h4-11H,3,12-14H2,1-2H3,(H,25,28)(H,26,29). The summed E-state index contributed by atoms with van der Waals surface area (Å²) >= 11 is 0. The van der Waals surface area contributed by atoms with E-state index in [0.717, 1.165) is 5.56 Å². The molecule has 6 nitrogen and oxygen atoms in total. The zero-order valence-corrected chi connectivity index (χ0v) is 16.8. The Balaban J connectivity index is 1.90. The lowest BCUT2D eigenvalue weighted by atomic mass is 10.2. The fraction of sp³-hybridized carbons (Fsp3) is 0.333. The molecule has 2 aromatic rings. The fourth-order valence-corrected chi connectivity index (χ4v) is 2.68. The molecule has 2 aromatic carbocycles. The van der Waals surface area contributed by atoms with Crippen LogP contribution in [0.15, 0.2) is 48.5 Å². The highest BCUT2D eigenvalue weighted by molar-refractivity contribution is 5.93. The number of amides is 2. The molecule has 0 radical (unpaired) electrons. The first-order chi connectivity index (χ1) is 14.1. The van der Waals surface area contributed by atoms with Crippen molar-refractivity contribution in [1.29, 1.82) is 0 Å². The minimum absolute atomic E-state index is 0.109. The van der Waals surface area contributed by atoms with Gasteiger partial charge in [0.25, 0.3) is 0 Å². The summed E-state index contributed by atoms with van der Waals surface area (Å²) in [5.74, 6) is -0.281. The molecule has 0 bridgehead atoms. The smallest absolute Gasteiger partial charge is 0.422 e. The first-order valence-electron chi connectivity index (χ1n) is 9.33. The van der Waals surface area contributed by atoms with Gasteiger partial charge in [-0.05, 0) is 48.5 Å². The van der Waals surface area contributed by atoms with Crippen molar-refractivity contribution in [3.05, 3.63) is 54.1 Å². The van der Waals surface area contributed by atoms with E-state index in [1.165, 1.54) is 19.1 Å². The SMILES string of the molecule is CCN(CC(=O)Nc1ccc(NC(C)=O)cc1)Cc1cccc(OCC(F)(F)F)c1. The molecule has 0 heterocycles. The Morgan fingerprint density at radius 1 is 1.03 bits per heavy atom. The van der Waals surface area contributed by atoms with E-state index in [9.17, 15) is 22.8 Å². The van der Waals surface area contributed by atoms with Crippen LogP contribution in [-0.4, -0.2) is 42.6 Å². The average molecular weight is 423 g/mol. The summed E-state index contributed by atoms with van der Waals surface area (Å²) < 4.78 is 41.7. The molecule has 0 atom stereocenters.